The number of para-hydroxylation sites is 1. The second-order valence-corrected chi connectivity index (χ2v) is 7.98. The number of halogens is 1. The number of hydrogen-bond acceptors (Lipinski definition) is 4. The Morgan fingerprint density at radius 2 is 1.86 bits per heavy atom. The number of benzene rings is 2. The molecule has 2 aromatic carbocycles. The van der Waals surface area contributed by atoms with Crippen molar-refractivity contribution in [1.82, 2.24) is 14.8 Å². The smallest absolute Gasteiger partial charge is 0.233 e. The molecule has 1 fully saturated rings. The Kier molecular flexibility index (Phi) is 4.51. The Bertz CT molecular complexity index is 1040. The van der Waals surface area contributed by atoms with E-state index in [4.69, 9.17) is 16.3 Å². The highest BCUT2D eigenvalue weighted by molar-refractivity contribution is 6.30. The molecule has 3 aromatic rings. The Morgan fingerprint density at radius 3 is 2.59 bits per heavy atom. The van der Waals surface area contributed by atoms with Crippen LogP contribution in [-0.2, 0) is 4.79 Å². The molecule has 148 valence electrons. The number of carbonyl (C=O) groups excluding carboxylic acids is 1. The number of nitrogens with zero attached hydrogens (tertiary/aromatic N) is 4. The first-order chi connectivity index (χ1) is 14.2. The van der Waals surface area contributed by atoms with E-state index >= 15 is 0 Å². The molecule has 0 saturated heterocycles. The minimum absolute atomic E-state index is 0.0813. The molecule has 1 aromatic heterocycles. The van der Waals surface area contributed by atoms with Crippen molar-refractivity contribution in [2.45, 2.75) is 31.3 Å². The fraction of sp³-hybridized carbons (Fsp3) is 0.318. The van der Waals surface area contributed by atoms with E-state index in [0.29, 0.717) is 17.4 Å². The number of hydrogen-bond donors (Lipinski definition) is 0. The van der Waals surface area contributed by atoms with Gasteiger partial charge in [-0.3, -0.25) is 9.69 Å². The van der Waals surface area contributed by atoms with Crippen molar-refractivity contribution in [3.8, 4) is 5.75 Å². The highest BCUT2D eigenvalue weighted by Crippen LogP contribution is 2.46. The van der Waals surface area contributed by atoms with Crippen LogP contribution in [0.3, 0.4) is 0 Å². The van der Waals surface area contributed by atoms with Crippen LogP contribution in [0.1, 0.15) is 42.5 Å². The lowest BCUT2D eigenvalue weighted by Gasteiger charge is -2.39. The van der Waals surface area contributed by atoms with Crippen LogP contribution in [0.4, 0.5) is 5.95 Å². The first-order valence-corrected chi connectivity index (χ1v) is 10.2. The third-order valence-corrected chi connectivity index (χ3v) is 5.99. The van der Waals surface area contributed by atoms with Gasteiger partial charge in [0.05, 0.1) is 19.2 Å². The van der Waals surface area contributed by atoms with Crippen molar-refractivity contribution >= 4 is 23.5 Å². The van der Waals surface area contributed by atoms with Crippen LogP contribution in [-0.4, -0.2) is 27.8 Å². The van der Waals surface area contributed by atoms with E-state index in [2.05, 4.69) is 10.1 Å². The highest BCUT2D eigenvalue weighted by Gasteiger charge is 2.44. The lowest BCUT2D eigenvalue weighted by molar-refractivity contribution is -0.120. The molecule has 2 heterocycles. The summed E-state index contributed by atoms with van der Waals surface area (Å²) >= 11 is 6.11. The summed E-state index contributed by atoms with van der Waals surface area (Å²) in [7, 11) is 1.67. The molecule has 1 aliphatic carbocycles. The zero-order valence-corrected chi connectivity index (χ0v) is 16.8. The monoisotopic (exact) mass is 408 g/mol. The Balaban J connectivity index is 1.64. The van der Waals surface area contributed by atoms with Gasteiger partial charge in [-0.1, -0.05) is 41.9 Å². The summed E-state index contributed by atoms with van der Waals surface area (Å²) in [6, 6.07) is 15.4. The molecule has 1 saturated carbocycles. The van der Waals surface area contributed by atoms with Gasteiger partial charge in [0.2, 0.25) is 11.9 Å². The largest absolute Gasteiger partial charge is 0.496 e. The average molecular weight is 409 g/mol. The molecule has 0 bridgehead atoms. The van der Waals surface area contributed by atoms with Crippen molar-refractivity contribution < 1.29 is 9.53 Å². The topological polar surface area (TPSA) is 60.2 Å². The fourth-order valence-corrected chi connectivity index (χ4v) is 4.27. The summed E-state index contributed by atoms with van der Waals surface area (Å²) in [5.41, 5.74) is 2.07. The van der Waals surface area contributed by atoms with Gasteiger partial charge in [0.15, 0.2) is 0 Å². The van der Waals surface area contributed by atoms with Gasteiger partial charge in [0, 0.05) is 16.5 Å². The first kappa shape index (κ1) is 18.2. The van der Waals surface area contributed by atoms with Crippen LogP contribution in [0.25, 0.3) is 0 Å². The molecule has 2 atom stereocenters. The summed E-state index contributed by atoms with van der Waals surface area (Å²) in [5, 5.41) is 5.15. The summed E-state index contributed by atoms with van der Waals surface area (Å²) in [5.74, 6) is 1.59. The minimum Gasteiger partial charge on any atom is -0.496 e. The predicted octanol–water partition coefficient (Wildman–Crippen LogP) is 4.42. The lowest BCUT2D eigenvalue weighted by Crippen LogP contribution is -2.43. The molecule has 0 radical (unpaired) electrons. The Hall–Kier alpha value is -2.86. The number of ether oxygens (including phenoxy) is 1. The van der Waals surface area contributed by atoms with Gasteiger partial charge >= 0.3 is 0 Å². The second kappa shape index (κ2) is 7.19. The molecule has 6 nitrogen and oxygen atoms in total. The molecule has 0 unspecified atom stereocenters. The van der Waals surface area contributed by atoms with Crippen molar-refractivity contribution in [3.05, 3.63) is 71.0 Å². The molecule has 29 heavy (non-hydrogen) atoms. The molecule has 2 aliphatic rings. The van der Waals surface area contributed by atoms with E-state index in [1.165, 1.54) is 6.33 Å². The van der Waals surface area contributed by atoms with E-state index < -0.39 is 0 Å². The second-order valence-electron chi connectivity index (χ2n) is 7.55. The van der Waals surface area contributed by atoms with Crippen molar-refractivity contribution in [2.24, 2.45) is 5.92 Å². The van der Waals surface area contributed by atoms with Crippen LogP contribution < -0.4 is 9.64 Å². The lowest BCUT2D eigenvalue weighted by atomic mass is 9.91. The Morgan fingerprint density at radius 1 is 1.10 bits per heavy atom. The standard InChI is InChI=1S/C22H21ClN4O2/c1-29-20-5-3-2-4-17(20)19-12-18(14-8-10-16(23)11-9-14)26(21(28)15-6-7-15)22-24-13-25-27(19)22/h2-5,8-11,13,15,18-19H,6-7,12H2,1H3/t18-,19+/m0/s1. The number of rotatable bonds is 4. The maximum Gasteiger partial charge on any atom is 0.233 e. The van der Waals surface area contributed by atoms with Gasteiger partial charge < -0.3 is 4.74 Å². The molecular weight excluding hydrogens is 388 g/mol. The van der Waals surface area contributed by atoms with Crippen LogP contribution in [0.5, 0.6) is 5.75 Å². The number of methoxy groups -OCH3 is 1. The van der Waals surface area contributed by atoms with Gasteiger partial charge in [-0.05, 0) is 43.0 Å². The van der Waals surface area contributed by atoms with E-state index in [-0.39, 0.29) is 23.9 Å². The summed E-state index contributed by atoms with van der Waals surface area (Å²) in [6.45, 7) is 0. The number of carbonyl (C=O) groups is 1. The maximum atomic E-state index is 13.2. The third kappa shape index (κ3) is 3.17. The predicted molar refractivity (Wildman–Crippen MR) is 110 cm³/mol. The normalized spacial score (nSPS) is 21.0. The number of anilines is 1. The van der Waals surface area contributed by atoms with Crippen LogP contribution >= 0.6 is 11.6 Å². The number of amides is 1. The SMILES string of the molecule is COc1ccccc1[C@H]1C[C@@H](c2ccc(Cl)cc2)N(C(=O)C2CC2)c2ncnn21. The Labute approximate surface area is 174 Å². The van der Waals surface area contributed by atoms with Crippen molar-refractivity contribution in [3.63, 3.8) is 0 Å². The minimum atomic E-state index is -0.146. The molecule has 7 heteroatoms. The zero-order chi connectivity index (χ0) is 20.0. The van der Waals surface area contributed by atoms with Gasteiger partial charge in [0.1, 0.15) is 12.1 Å². The molecule has 1 aliphatic heterocycles. The van der Waals surface area contributed by atoms with E-state index in [0.717, 1.165) is 29.7 Å². The third-order valence-electron chi connectivity index (χ3n) is 5.74. The zero-order valence-electron chi connectivity index (χ0n) is 16.0. The fourth-order valence-electron chi connectivity index (χ4n) is 4.14. The summed E-state index contributed by atoms with van der Waals surface area (Å²) < 4.78 is 7.46. The highest BCUT2D eigenvalue weighted by atomic mass is 35.5. The van der Waals surface area contributed by atoms with Gasteiger partial charge in [-0.25, -0.2) is 4.68 Å². The van der Waals surface area contributed by atoms with E-state index in [1.54, 1.807) is 7.11 Å². The van der Waals surface area contributed by atoms with Crippen LogP contribution in [0.2, 0.25) is 5.02 Å². The average Bonchev–Trinajstić information content (AvgIpc) is 3.49. The molecule has 1 amide bonds. The van der Waals surface area contributed by atoms with E-state index in [1.807, 2.05) is 58.1 Å². The van der Waals surface area contributed by atoms with Crippen molar-refractivity contribution in [2.75, 3.05) is 12.0 Å². The quantitative estimate of drug-likeness (QED) is 0.641. The maximum absolute atomic E-state index is 13.2. The van der Waals surface area contributed by atoms with E-state index in [9.17, 15) is 4.79 Å². The summed E-state index contributed by atoms with van der Waals surface area (Å²) in [6.07, 6.45) is 4.07. The van der Waals surface area contributed by atoms with Gasteiger partial charge in [0.25, 0.3) is 0 Å². The molecule has 0 N–H and O–H groups in total. The number of fused-ring (bicyclic) bond motifs is 1. The van der Waals surface area contributed by atoms with Gasteiger partial charge in [-0.15, -0.1) is 0 Å². The van der Waals surface area contributed by atoms with Crippen LogP contribution in [0, 0.1) is 5.92 Å². The van der Waals surface area contributed by atoms with Crippen LogP contribution in [0.15, 0.2) is 54.9 Å². The van der Waals surface area contributed by atoms with Crippen molar-refractivity contribution in [1.29, 1.82) is 0 Å². The first-order valence-electron chi connectivity index (χ1n) is 9.78. The molecular formula is C22H21ClN4O2. The summed E-state index contributed by atoms with van der Waals surface area (Å²) in [4.78, 5) is 19.5. The number of aromatic nitrogens is 3. The van der Waals surface area contributed by atoms with Gasteiger partial charge in [-0.2, -0.15) is 10.1 Å². The molecule has 0 spiro atoms. The molecule has 5 rings (SSSR count).